The van der Waals surface area contributed by atoms with Gasteiger partial charge in [0.1, 0.15) is 12.7 Å². The number of hydrogen-bond donors (Lipinski definition) is 1. The maximum absolute atomic E-state index is 12.7. The maximum atomic E-state index is 12.7. The van der Waals surface area contributed by atoms with Crippen LogP contribution in [0.5, 0.6) is 0 Å². The third-order valence-electron chi connectivity index (χ3n) is 5.11. The monoisotopic (exact) mass is 425 g/mol. The van der Waals surface area contributed by atoms with Crippen molar-refractivity contribution in [2.24, 2.45) is 0 Å². The highest BCUT2D eigenvalue weighted by molar-refractivity contribution is 7.92. The first kappa shape index (κ1) is 20.1. The molecule has 2 aromatic carbocycles. The van der Waals surface area contributed by atoms with E-state index in [1.807, 2.05) is 31.2 Å². The van der Waals surface area contributed by atoms with Gasteiger partial charge in [-0.1, -0.05) is 24.3 Å². The number of fused-ring (bicyclic) bond motifs is 1. The third-order valence-corrected chi connectivity index (χ3v) is 6.38. The lowest BCUT2D eigenvalue weighted by molar-refractivity contribution is 0.0951. The minimum atomic E-state index is -3.34. The summed E-state index contributed by atoms with van der Waals surface area (Å²) in [7, 11) is -3.34. The zero-order valence-corrected chi connectivity index (χ0v) is 17.6. The highest BCUT2D eigenvalue weighted by atomic mass is 32.2. The minimum absolute atomic E-state index is 0.152. The lowest BCUT2D eigenvalue weighted by Crippen LogP contribution is -2.34. The number of rotatable bonds is 6. The fourth-order valence-corrected chi connectivity index (χ4v) is 5.14. The quantitative estimate of drug-likeness (QED) is 0.651. The van der Waals surface area contributed by atoms with Crippen molar-refractivity contribution < 1.29 is 13.2 Å². The van der Waals surface area contributed by atoms with Gasteiger partial charge in [-0.25, -0.2) is 18.1 Å². The van der Waals surface area contributed by atoms with Gasteiger partial charge in [-0.2, -0.15) is 5.10 Å². The Bertz CT molecular complexity index is 1180. The smallest absolute Gasteiger partial charge is 0.251 e. The molecule has 0 saturated heterocycles. The average Bonchev–Trinajstić information content (AvgIpc) is 3.31. The number of anilines is 1. The number of sulfonamides is 1. The van der Waals surface area contributed by atoms with Crippen LogP contribution in [0.4, 0.5) is 5.69 Å². The molecule has 1 N–H and O–H groups in total. The van der Waals surface area contributed by atoms with Crippen molar-refractivity contribution in [3.63, 3.8) is 0 Å². The highest BCUT2D eigenvalue weighted by Crippen LogP contribution is 2.34. The number of nitrogens with one attached hydrogen (secondary N) is 1. The van der Waals surface area contributed by atoms with E-state index in [9.17, 15) is 13.2 Å². The van der Waals surface area contributed by atoms with Crippen LogP contribution in [0.2, 0.25) is 0 Å². The van der Waals surface area contributed by atoms with Crippen LogP contribution in [0.3, 0.4) is 0 Å². The van der Waals surface area contributed by atoms with Crippen molar-refractivity contribution in [1.29, 1.82) is 0 Å². The summed E-state index contributed by atoms with van der Waals surface area (Å²) in [5, 5.41) is 7.04. The molecule has 2 heterocycles. The number of amides is 1. The molecular formula is C21H23N5O3S. The van der Waals surface area contributed by atoms with E-state index in [0.717, 1.165) is 16.7 Å². The first-order chi connectivity index (χ1) is 14.3. The van der Waals surface area contributed by atoms with E-state index in [1.165, 1.54) is 16.9 Å². The second-order valence-electron chi connectivity index (χ2n) is 7.55. The summed E-state index contributed by atoms with van der Waals surface area (Å²) in [4.78, 5) is 16.6. The van der Waals surface area contributed by atoms with Crippen molar-refractivity contribution in [2.45, 2.75) is 32.5 Å². The Morgan fingerprint density at radius 3 is 2.73 bits per heavy atom. The second kappa shape index (κ2) is 7.91. The molecule has 4 rings (SSSR count). The Kier molecular flexibility index (Phi) is 5.29. The standard InChI is InChI=1S/C21H23N5O3S/c1-15-8-19-10-18(6-7-20(19)26(15)30(2,28)29)21(27)23-11-16-4-3-5-17(9-16)12-25-14-22-13-24-25/h3-7,9-10,13-15H,8,11-12H2,1-2H3,(H,23,27). The van der Waals surface area contributed by atoms with E-state index >= 15 is 0 Å². The summed E-state index contributed by atoms with van der Waals surface area (Å²) in [6, 6.07) is 13.0. The van der Waals surface area contributed by atoms with Gasteiger partial charge in [0.25, 0.3) is 5.91 Å². The summed E-state index contributed by atoms with van der Waals surface area (Å²) >= 11 is 0. The molecule has 0 spiro atoms. The number of carbonyl (C=O) groups is 1. The fourth-order valence-electron chi connectivity index (χ4n) is 3.87. The lowest BCUT2D eigenvalue weighted by Gasteiger charge is -2.21. The molecule has 156 valence electrons. The Morgan fingerprint density at radius 1 is 1.20 bits per heavy atom. The van der Waals surface area contributed by atoms with Gasteiger partial charge in [-0.3, -0.25) is 9.10 Å². The van der Waals surface area contributed by atoms with Crippen molar-refractivity contribution in [2.75, 3.05) is 10.6 Å². The van der Waals surface area contributed by atoms with Crippen LogP contribution in [0.25, 0.3) is 0 Å². The normalized spacial score (nSPS) is 15.8. The molecule has 1 atom stereocenters. The summed E-state index contributed by atoms with van der Waals surface area (Å²) in [5.41, 5.74) is 4.10. The number of carbonyl (C=O) groups excluding carboxylic acids is 1. The zero-order chi connectivity index (χ0) is 21.3. The highest BCUT2D eigenvalue weighted by Gasteiger charge is 2.32. The summed E-state index contributed by atoms with van der Waals surface area (Å²) < 4.78 is 27.3. The molecule has 0 radical (unpaired) electrons. The Labute approximate surface area is 175 Å². The Balaban J connectivity index is 1.44. The van der Waals surface area contributed by atoms with Crippen molar-refractivity contribution in [1.82, 2.24) is 20.1 Å². The van der Waals surface area contributed by atoms with E-state index in [0.29, 0.717) is 30.8 Å². The lowest BCUT2D eigenvalue weighted by atomic mass is 10.1. The third kappa shape index (κ3) is 4.20. The first-order valence-electron chi connectivity index (χ1n) is 9.62. The summed E-state index contributed by atoms with van der Waals surface area (Å²) in [6.45, 7) is 2.88. The molecular weight excluding hydrogens is 402 g/mol. The molecule has 0 aliphatic carbocycles. The summed E-state index contributed by atoms with van der Waals surface area (Å²) in [5.74, 6) is -0.190. The maximum Gasteiger partial charge on any atom is 0.251 e. The molecule has 0 bridgehead atoms. The fraction of sp³-hybridized carbons (Fsp3) is 0.286. The van der Waals surface area contributed by atoms with Gasteiger partial charge in [0.15, 0.2) is 0 Å². The minimum Gasteiger partial charge on any atom is -0.348 e. The van der Waals surface area contributed by atoms with Crippen LogP contribution in [0, 0.1) is 0 Å². The van der Waals surface area contributed by atoms with Crippen molar-refractivity contribution in [3.8, 4) is 0 Å². The van der Waals surface area contributed by atoms with Crippen LogP contribution < -0.4 is 9.62 Å². The molecule has 1 aliphatic rings. The Hall–Kier alpha value is -3.20. The van der Waals surface area contributed by atoms with Gasteiger partial charge in [0, 0.05) is 18.2 Å². The number of aromatic nitrogens is 3. The van der Waals surface area contributed by atoms with Gasteiger partial charge in [0.05, 0.1) is 18.5 Å². The molecule has 8 nitrogen and oxygen atoms in total. The van der Waals surface area contributed by atoms with Gasteiger partial charge in [-0.05, 0) is 48.2 Å². The van der Waals surface area contributed by atoms with Crippen LogP contribution >= 0.6 is 0 Å². The number of benzene rings is 2. The molecule has 1 amide bonds. The van der Waals surface area contributed by atoms with E-state index in [2.05, 4.69) is 15.4 Å². The predicted molar refractivity (Wildman–Crippen MR) is 114 cm³/mol. The van der Waals surface area contributed by atoms with Crippen LogP contribution in [0.1, 0.15) is 34.0 Å². The molecule has 0 saturated carbocycles. The molecule has 3 aromatic rings. The number of nitrogens with zero attached hydrogens (tertiary/aromatic N) is 4. The SMILES string of the molecule is CC1Cc2cc(C(=O)NCc3cccc(Cn4cncn4)c3)ccc2N1S(C)(=O)=O. The number of hydrogen-bond acceptors (Lipinski definition) is 5. The molecule has 1 aromatic heterocycles. The molecule has 1 aliphatic heterocycles. The van der Waals surface area contributed by atoms with Crippen LogP contribution in [0.15, 0.2) is 55.1 Å². The Morgan fingerprint density at radius 2 is 2.00 bits per heavy atom. The largest absolute Gasteiger partial charge is 0.348 e. The van der Waals surface area contributed by atoms with Gasteiger partial charge < -0.3 is 5.32 Å². The van der Waals surface area contributed by atoms with Crippen LogP contribution in [-0.2, 0) is 29.5 Å². The molecule has 0 fully saturated rings. The van der Waals surface area contributed by atoms with E-state index < -0.39 is 10.0 Å². The predicted octanol–water partition coefficient (Wildman–Crippen LogP) is 1.97. The summed E-state index contributed by atoms with van der Waals surface area (Å²) in [6.07, 6.45) is 4.95. The molecule has 30 heavy (non-hydrogen) atoms. The first-order valence-corrected chi connectivity index (χ1v) is 11.5. The van der Waals surface area contributed by atoms with Gasteiger partial charge in [0.2, 0.25) is 10.0 Å². The molecule has 9 heteroatoms. The van der Waals surface area contributed by atoms with Crippen LogP contribution in [-0.4, -0.2) is 41.4 Å². The van der Waals surface area contributed by atoms with Gasteiger partial charge in [-0.15, -0.1) is 0 Å². The van der Waals surface area contributed by atoms with Crippen molar-refractivity contribution >= 4 is 21.6 Å². The van der Waals surface area contributed by atoms with Gasteiger partial charge >= 0.3 is 0 Å². The topological polar surface area (TPSA) is 97.2 Å². The van der Waals surface area contributed by atoms with E-state index in [1.54, 1.807) is 29.2 Å². The average molecular weight is 426 g/mol. The van der Waals surface area contributed by atoms with E-state index in [-0.39, 0.29) is 11.9 Å². The zero-order valence-electron chi connectivity index (χ0n) is 16.8. The second-order valence-corrected chi connectivity index (χ2v) is 9.41. The molecule has 1 unspecified atom stereocenters. The van der Waals surface area contributed by atoms with Crippen molar-refractivity contribution in [3.05, 3.63) is 77.4 Å². The van der Waals surface area contributed by atoms with E-state index in [4.69, 9.17) is 0 Å².